The first-order chi connectivity index (χ1) is 15.3. The van der Waals surface area contributed by atoms with Crippen LogP contribution in [0.3, 0.4) is 0 Å². The Morgan fingerprint density at radius 2 is 1.77 bits per heavy atom. The Labute approximate surface area is 187 Å². The summed E-state index contributed by atoms with van der Waals surface area (Å²) in [6, 6.07) is 10.5. The zero-order chi connectivity index (χ0) is 21.0. The lowest BCUT2D eigenvalue weighted by atomic mass is 10.1. The van der Waals surface area contributed by atoms with Crippen molar-refractivity contribution in [3.63, 3.8) is 0 Å². The molecule has 1 aromatic carbocycles. The van der Waals surface area contributed by atoms with E-state index < -0.39 is 0 Å². The highest BCUT2D eigenvalue weighted by Gasteiger charge is 2.20. The zero-order valence-electron chi connectivity index (χ0n) is 17.8. The molecule has 5 rings (SSSR count). The van der Waals surface area contributed by atoms with Crippen molar-refractivity contribution < 1.29 is 4.79 Å². The Balaban J connectivity index is 1.37. The maximum Gasteiger partial charge on any atom is 0.253 e. The number of amides is 1. The van der Waals surface area contributed by atoms with Gasteiger partial charge in [0.25, 0.3) is 5.91 Å². The molecule has 0 radical (unpaired) electrons. The fourth-order valence-electron chi connectivity index (χ4n) is 4.57. The van der Waals surface area contributed by atoms with Gasteiger partial charge in [0.2, 0.25) is 0 Å². The third kappa shape index (κ3) is 4.56. The van der Waals surface area contributed by atoms with Crippen LogP contribution in [0.25, 0.3) is 22.6 Å². The van der Waals surface area contributed by atoms with Crippen molar-refractivity contribution in [3.05, 3.63) is 42.1 Å². The summed E-state index contributed by atoms with van der Waals surface area (Å²) in [6.07, 6.45) is 8.73. The monoisotopic (exact) mass is 435 g/mol. The fraction of sp³-hybridized carbons (Fsp3) is 0.458. The van der Waals surface area contributed by atoms with Gasteiger partial charge < -0.3 is 15.2 Å². The quantitative estimate of drug-likeness (QED) is 0.585. The molecule has 31 heavy (non-hydrogen) atoms. The number of hydrogen-bond donors (Lipinski definition) is 2. The predicted molar refractivity (Wildman–Crippen MR) is 128 cm³/mol. The minimum atomic E-state index is -0.0457. The van der Waals surface area contributed by atoms with Crippen LogP contribution in [0.5, 0.6) is 0 Å². The van der Waals surface area contributed by atoms with E-state index in [1.807, 2.05) is 11.8 Å². The molecule has 2 N–H and O–H groups in total. The second kappa shape index (κ2) is 9.30. The Bertz CT molecular complexity index is 1030. The first kappa shape index (κ1) is 20.4. The first-order valence-corrected chi connectivity index (χ1v) is 12.5. The van der Waals surface area contributed by atoms with Crippen LogP contribution in [0, 0.1) is 0 Å². The average Bonchev–Trinajstić information content (AvgIpc) is 3.10. The van der Waals surface area contributed by atoms with Gasteiger partial charge in [-0.3, -0.25) is 4.79 Å². The van der Waals surface area contributed by atoms with Crippen molar-refractivity contribution >= 4 is 34.5 Å². The van der Waals surface area contributed by atoms with E-state index in [0.29, 0.717) is 16.7 Å². The molecule has 1 saturated heterocycles. The van der Waals surface area contributed by atoms with Gasteiger partial charge in [-0.2, -0.15) is 11.8 Å². The van der Waals surface area contributed by atoms with Crippen LogP contribution in [0.1, 0.15) is 48.9 Å². The molecule has 0 spiro atoms. The van der Waals surface area contributed by atoms with Gasteiger partial charge in [0.05, 0.1) is 5.56 Å². The summed E-state index contributed by atoms with van der Waals surface area (Å²) in [4.78, 5) is 27.9. The van der Waals surface area contributed by atoms with E-state index >= 15 is 0 Å². The molecule has 7 heteroatoms. The van der Waals surface area contributed by atoms with Gasteiger partial charge >= 0.3 is 0 Å². The Morgan fingerprint density at radius 3 is 2.52 bits per heavy atom. The number of nitrogens with zero attached hydrogens (tertiary/aromatic N) is 3. The van der Waals surface area contributed by atoms with E-state index in [-0.39, 0.29) is 11.9 Å². The molecule has 2 aliphatic rings. The lowest BCUT2D eigenvalue weighted by Crippen LogP contribution is -2.34. The Morgan fingerprint density at radius 1 is 1.03 bits per heavy atom. The lowest BCUT2D eigenvalue weighted by Gasteiger charge is -2.28. The number of anilines is 1. The third-order valence-corrected chi connectivity index (χ3v) is 7.28. The largest absolute Gasteiger partial charge is 0.370 e. The molecule has 162 valence electrons. The number of benzene rings is 1. The van der Waals surface area contributed by atoms with Crippen molar-refractivity contribution in [2.24, 2.45) is 0 Å². The SMILES string of the molecule is O=C(NC1CCCCCC1)c1ccnc2[nH]c(-c3ccc(N4CCSCC4)cc3)nc12. The molecular weight excluding hydrogens is 406 g/mol. The highest BCUT2D eigenvalue weighted by atomic mass is 32.2. The first-order valence-electron chi connectivity index (χ1n) is 11.4. The highest BCUT2D eigenvalue weighted by Crippen LogP contribution is 2.26. The number of aromatic nitrogens is 3. The normalized spacial score (nSPS) is 18.1. The summed E-state index contributed by atoms with van der Waals surface area (Å²) in [5.41, 5.74) is 4.14. The number of carbonyl (C=O) groups is 1. The van der Waals surface area contributed by atoms with Crippen LogP contribution in [-0.4, -0.2) is 51.5 Å². The average molecular weight is 436 g/mol. The van der Waals surface area contributed by atoms with E-state index in [2.05, 4.69) is 44.5 Å². The van der Waals surface area contributed by atoms with Crippen LogP contribution in [0.15, 0.2) is 36.5 Å². The van der Waals surface area contributed by atoms with Gasteiger partial charge in [-0.05, 0) is 43.2 Å². The molecule has 0 atom stereocenters. The van der Waals surface area contributed by atoms with Crippen molar-refractivity contribution in [2.75, 3.05) is 29.5 Å². The number of aromatic amines is 1. The maximum atomic E-state index is 13.0. The van der Waals surface area contributed by atoms with E-state index in [0.717, 1.165) is 37.3 Å². The number of nitrogens with one attached hydrogen (secondary N) is 2. The molecule has 3 aromatic rings. The van der Waals surface area contributed by atoms with Crippen molar-refractivity contribution in [3.8, 4) is 11.4 Å². The number of carbonyl (C=O) groups excluding carboxylic acids is 1. The fourth-order valence-corrected chi connectivity index (χ4v) is 5.47. The van der Waals surface area contributed by atoms with E-state index in [9.17, 15) is 4.79 Å². The number of fused-ring (bicyclic) bond motifs is 1. The van der Waals surface area contributed by atoms with Gasteiger partial charge in [0.1, 0.15) is 11.3 Å². The molecule has 1 aliphatic carbocycles. The molecule has 1 amide bonds. The minimum Gasteiger partial charge on any atom is -0.370 e. The van der Waals surface area contributed by atoms with E-state index in [1.165, 1.54) is 42.9 Å². The predicted octanol–water partition coefficient (Wildman–Crippen LogP) is 4.63. The molecule has 6 nitrogen and oxygen atoms in total. The minimum absolute atomic E-state index is 0.0457. The number of hydrogen-bond acceptors (Lipinski definition) is 5. The highest BCUT2D eigenvalue weighted by molar-refractivity contribution is 7.99. The molecule has 2 aromatic heterocycles. The standard InChI is InChI=1S/C24H29N5OS/c30-24(26-18-5-3-1-2-4-6-18)20-11-12-25-23-21(20)27-22(28-23)17-7-9-19(10-8-17)29-13-15-31-16-14-29/h7-12,18H,1-6,13-16H2,(H,26,30)(H,25,27,28). The van der Waals surface area contributed by atoms with Crippen molar-refractivity contribution in [2.45, 2.75) is 44.6 Å². The molecule has 1 saturated carbocycles. The summed E-state index contributed by atoms with van der Waals surface area (Å²) in [7, 11) is 0. The van der Waals surface area contributed by atoms with Gasteiger partial charge in [-0.25, -0.2) is 9.97 Å². The Hall–Kier alpha value is -2.54. The molecular formula is C24H29N5OS. The van der Waals surface area contributed by atoms with Crippen molar-refractivity contribution in [1.29, 1.82) is 0 Å². The van der Waals surface area contributed by atoms with Crippen LogP contribution >= 0.6 is 11.8 Å². The molecule has 0 bridgehead atoms. The van der Waals surface area contributed by atoms with E-state index in [4.69, 9.17) is 4.98 Å². The smallest absolute Gasteiger partial charge is 0.253 e. The van der Waals surface area contributed by atoms with Crippen LogP contribution in [0.2, 0.25) is 0 Å². The van der Waals surface area contributed by atoms with Gasteiger partial charge in [0, 0.05) is 48.1 Å². The maximum absolute atomic E-state index is 13.0. The van der Waals surface area contributed by atoms with Crippen LogP contribution in [-0.2, 0) is 0 Å². The van der Waals surface area contributed by atoms with E-state index in [1.54, 1.807) is 12.3 Å². The Kier molecular flexibility index (Phi) is 6.11. The number of H-pyrrole nitrogens is 1. The molecule has 1 aliphatic heterocycles. The second-order valence-electron chi connectivity index (χ2n) is 8.45. The third-order valence-electron chi connectivity index (χ3n) is 6.34. The lowest BCUT2D eigenvalue weighted by molar-refractivity contribution is 0.0935. The summed E-state index contributed by atoms with van der Waals surface area (Å²) >= 11 is 2.01. The van der Waals surface area contributed by atoms with Crippen LogP contribution < -0.4 is 10.2 Å². The summed E-state index contributed by atoms with van der Waals surface area (Å²) in [6.45, 7) is 2.19. The molecule has 0 unspecified atom stereocenters. The molecule has 3 heterocycles. The number of rotatable bonds is 4. The zero-order valence-corrected chi connectivity index (χ0v) is 18.6. The summed E-state index contributed by atoms with van der Waals surface area (Å²) < 4.78 is 0. The number of pyridine rings is 1. The van der Waals surface area contributed by atoms with Crippen molar-refractivity contribution in [1.82, 2.24) is 20.3 Å². The van der Waals surface area contributed by atoms with Gasteiger partial charge in [0.15, 0.2) is 5.65 Å². The summed E-state index contributed by atoms with van der Waals surface area (Å²) in [5, 5.41) is 3.23. The van der Waals surface area contributed by atoms with Crippen LogP contribution in [0.4, 0.5) is 5.69 Å². The second-order valence-corrected chi connectivity index (χ2v) is 9.67. The summed E-state index contributed by atoms with van der Waals surface area (Å²) in [5.74, 6) is 3.07. The van der Waals surface area contributed by atoms with Gasteiger partial charge in [-0.15, -0.1) is 0 Å². The topological polar surface area (TPSA) is 73.9 Å². The number of thioether (sulfide) groups is 1. The van der Waals surface area contributed by atoms with Gasteiger partial charge in [-0.1, -0.05) is 25.7 Å². The number of imidazole rings is 1. The molecule has 2 fully saturated rings.